The third-order valence-electron chi connectivity index (χ3n) is 4.79. The topological polar surface area (TPSA) is 89.4 Å². The minimum absolute atomic E-state index is 0.0306. The molecule has 0 aromatic heterocycles. The molecule has 1 saturated heterocycles. The van der Waals surface area contributed by atoms with Crippen molar-refractivity contribution in [3.8, 4) is 0 Å². The van der Waals surface area contributed by atoms with Crippen LogP contribution in [-0.2, 0) is 9.59 Å². The van der Waals surface area contributed by atoms with Crippen LogP contribution < -0.4 is 11.5 Å². The van der Waals surface area contributed by atoms with Gasteiger partial charge < -0.3 is 16.4 Å². The molecule has 2 rings (SSSR count). The van der Waals surface area contributed by atoms with Crippen molar-refractivity contribution in [2.45, 2.75) is 39.0 Å². The van der Waals surface area contributed by atoms with Gasteiger partial charge in [-0.25, -0.2) is 0 Å². The molecule has 0 spiro atoms. The van der Waals surface area contributed by atoms with E-state index in [1.807, 2.05) is 6.92 Å². The fourth-order valence-corrected chi connectivity index (χ4v) is 2.94. The summed E-state index contributed by atoms with van der Waals surface area (Å²) in [6.07, 6.45) is 4.47. The Kier molecular flexibility index (Phi) is 3.36. The normalized spacial score (nSPS) is 30.0. The zero-order valence-electron chi connectivity index (χ0n) is 11.1. The van der Waals surface area contributed by atoms with Crippen molar-refractivity contribution in [1.29, 1.82) is 0 Å². The van der Waals surface area contributed by atoms with Crippen LogP contribution in [0, 0.1) is 10.8 Å². The molecular formula is C13H23N3O2. The van der Waals surface area contributed by atoms with Crippen LogP contribution in [0.25, 0.3) is 0 Å². The molecule has 4 N–H and O–H groups in total. The van der Waals surface area contributed by atoms with Crippen molar-refractivity contribution in [2.24, 2.45) is 22.3 Å². The predicted molar refractivity (Wildman–Crippen MR) is 68.5 cm³/mol. The summed E-state index contributed by atoms with van der Waals surface area (Å²) < 4.78 is 0. The second-order valence-electron chi connectivity index (χ2n) is 6.22. The number of hydrogen-bond donors (Lipinski definition) is 2. The Morgan fingerprint density at radius 3 is 2.33 bits per heavy atom. The molecule has 5 nitrogen and oxygen atoms in total. The number of rotatable bonds is 4. The Morgan fingerprint density at radius 2 is 1.94 bits per heavy atom. The van der Waals surface area contributed by atoms with Gasteiger partial charge in [-0.05, 0) is 38.1 Å². The summed E-state index contributed by atoms with van der Waals surface area (Å²) in [5.41, 5.74) is 10.6. The van der Waals surface area contributed by atoms with Gasteiger partial charge in [0.25, 0.3) is 0 Å². The molecule has 18 heavy (non-hydrogen) atoms. The van der Waals surface area contributed by atoms with E-state index in [4.69, 9.17) is 11.5 Å². The summed E-state index contributed by atoms with van der Waals surface area (Å²) in [5.74, 6) is -0.180. The molecule has 5 heteroatoms. The average Bonchev–Trinajstić information content (AvgIpc) is 2.68. The maximum absolute atomic E-state index is 12.2. The Balaban J connectivity index is 1.93. The van der Waals surface area contributed by atoms with E-state index in [-0.39, 0.29) is 17.2 Å². The number of primary amides is 1. The van der Waals surface area contributed by atoms with Crippen molar-refractivity contribution < 1.29 is 9.59 Å². The summed E-state index contributed by atoms with van der Waals surface area (Å²) >= 11 is 0. The van der Waals surface area contributed by atoms with E-state index < -0.39 is 5.41 Å². The number of nitrogens with two attached hydrogens (primary N) is 2. The first kappa shape index (κ1) is 13.3. The molecule has 102 valence electrons. The molecule has 0 aromatic carbocycles. The number of carbonyl (C=O) groups is 2. The lowest BCUT2D eigenvalue weighted by atomic mass is 9.66. The summed E-state index contributed by atoms with van der Waals surface area (Å²) in [6, 6.07) is 0. The SMILES string of the molecule is CC1(C(N)=O)CCN(C(=O)CC2(CN)CCC2)C1. The standard InChI is InChI=1S/C13H23N3O2/c1-12(11(15)18)5-6-16(9-12)10(17)7-13(8-14)3-2-4-13/h2-9,14H2,1H3,(H2,15,18). The quantitative estimate of drug-likeness (QED) is 0.751. The van der Waals surface area contributed by atoms with Gasteiger partial charge in [0.15, 0.2) is 0 Å². The van der Waals surface area contributed by atoms with Gasteiger partial charge in [0, 0.05) is 19.5 Å². The first-order valence-corrected chi connectivity index (χ1v) is 6.69. The first-order chi connectivity index (χ1) is 8.41. The minimum atomic E-state index is -0.550. The van der Waals surface area contributed by atoms with Gasteiger partial charge in [0.1, 0.15) is 0 Å². The maximum atomic E-state index is 12.2. The van der Waals surface area contributed by atoms with Crippen LogP contribution in [0.1, 0.15) is 39.0 Å². The highest BCUT2D eigenvalue weighted by Gasteiger charge is 2.43. The smallest absolute Gasteiger partial charge is 0.225 e. The zero-order valence-corrected chi connectivity index (χ0v) is 11.1. The highest BCUT2D eigenvalue weighted by Crippen LogP contribution is 2.43. The Bertz CT molecular complexity index is 360. The molecule has 1 heterocycles. The molecule has 0 bridgehead atoms. The largest absolute Gasteiger partial charge is 0.369 e. The Labute approximate surface area is 108 Å². The van der Waals surface area contributed by atoms with Crippen LogP contribution in [0.3, 0.4) is 0 Å². The van der Waals surface area contributed by atoms with Gasteiger partial charge >= 0.3 is 0 Å². The predicted octanol–water partition coefficient (Wildman–Crippen LogP) is 0.229. The molecule has 1 atom stereocenters. The fourth-order valence-electron chi connectivity index (χ4n) is 2.94. The molecule has 1 saturated carbocycles. The molecule has 2 aliphatic rings. The minimum Gasteiger partial charge on any atom is -0.369 e. The van der Waals surface area contributed by atoms with Gasteiger partial charge in [-0.3, -0.25) is 9.59 Å². The lowest BCUT2D eigenvalue weighted by Gasteiger charge is -2.41. The van der Waals surface area contributed by atoms with Crippen LogP contribution >= 0.6 is 0 Å². The van der Waals surface area contributed by atoms with Crippen molar-refractivity contribution in [3.63, 3.8) is 0 Å². The molecular weight excluding hydrogens is 230 g/mol. The lowest BCUT2D eigenvalue weighted by molar-refractivity contribution is -0.135. The van der Waals surface area contributed by atoms with Crippen LogP contribution in [0.2, 0.25) is 0 Å². The second-order valence-corrected chi connectivity index (χ2v) is 6.22. The van der Waals surface area contributed by atoms with Crippen LogP contribution in [0.15, 0.2) is 0 Å². The van der Waals surface area contributed by atoms with E-state index in [1.165, 1.54) is 6.42 Å². The third-order valence-corrected chi connectivity index (χ3v) is 4.79. The summed E-state index contributed by atoms with van der Waals surface area (Å²) in [6.45, 7) is 3.52. The zero-order chi connectivity index (χ0) is 13.4. The first-order valence-electron chi connectivity index (χ1n) is 6.69. The van der Waals surface area contributed by atoms with Gasteiger partial charge in [-0.15, -0.1) is 0 Å². The highest BCUT2D eigenvalue weighted by molar-refractivity contribution is 5.84. The van der Waals surface area contributed by atoms with Gasteiger partial charge in [-0.1, -0.05) is 6.42 Å². The fraction of sp³-hybridized carbons (Fsp3) is 0.846. The molecule has 1 aliphatic carbocycles. The van der Waals surface area contributed by atoms with Crippen molar-refractivity contribution in [3.05, 3.63) is 0 Å². The molecule has 0 aromatic rings. The van der Waals surface area contributed by atoms with E-state index in [9.17, 15) is 9.59 Å². The van der Waals surface area contributed by atoms with E-state index >= 15 is 0 Å². The average molecular weight is 253 g/mol. The second kappa shape index (κ2) is 4.53. The van der Waals surface area contributed by atoms with Crippen LogP contribution in [0.4, 0.5) is 0 Å². The molecule has 2 fully saturated rings. The van der Waals surface area contributed by atoms with E-state index in [0.29, 0.717) is 32.5 Å². The summed E-state index contributed by atoms with van der Waals surface area (Å²) in [4.78, 5) is 25.4. The van der Waals surface area contributed by atoms with Crippen LogP contribution in [-0.4, -0.2) is 36.3 Å². The Hall–Kier alpha value is -1.10. The molecule has 1 aliphatic heterocycles. The number of nitrogens with zero attached hydrogens (tertiary/aromatic N) is 1. The number of hydrogen-bond acceptors (Lipinski definition) is 3. The number of carbonyl (C=O) groups excluding carboxylic acids is 2. The van der Waals surface area contributed by atoms with Crippen molar-refractivity contribution >= 4 is 11.8 Å². The van der Waals surface area contributed by atoms with Crippen LogP contribution in [0.5, 0.6) is 0 Å². The summed E-state index contributed by atoms with van der Waals surface area (Å²) in [7, 11) is 0. The van der Waals surface area contributed by atoms with E-state index in [2.05, 4.69) is 0 Å². The molecule has 2 amide bonds. The third kappa shape index (κ3) is 2.23. The highest BCUT2D eigenvalue weighted by atomic mass is 16.2. The van der Waals surface area contributed by atoms with Crippen molar-refractivity contribution in [2.75, 3.05) is 19.6 Å². The number of amides is 2. The monoisotopic (exact) mass is 253 g/mol. The van der Waals surface area contributed by atoms with Gasteiger partial charge in [0.05, 0.1) is 5.41 Å². The van der Waals surface area contributed by atoms with Gasteiger partial charge in [0.2, 0.25) is 11.8 Å². The van der Waals surface area contributed by atoms with E-state index in [0.717, 1.165) is 12.8 Å². The van der Waals surface area contributed by atoms with Gasteiger partial charge in [-0.2, -0.15) is 0 Å². The number of likely N-dealkylation sites (tertiary alicyclic amines) is 1. The molecule has 0 radical (unpaired) electrons. The summed E-state index contributed by atoms with van der Waals surface area (Å²) in [5, 5.41) is 0. The maximum Gasteiger partial charge on any atom is 0.225 e. The molecule has 1 unspecified atom stereocenters. The van der Waals surface area contributed by atoms with E-state index in [1.54, 1.807) is 4.90 Å². The van der Waals surface area contributed by atoms with Crippen molar-refractivity contribution in [1.82, 2.24) is 4.90 Å². The Morgan fingerprint density at radius 1 is 1.28 bits per heavy atom. The lowest BCUT2D eigenvalue weighted by Crippen LogP contribution is -2.44.